The predicted octanol–water partition coefficient (Wildman–Crippen LogP) is 0.938. The zero-order valence-electron chi connectivity index (χ0n) is 18.3. The minimum Gasteiger partial charge on any atom is -0.383 e. The highest BCUT2D eigenvalue weighted by atomic mass is 19.1. The lowest BCUT2D eigenvalue weighted by molar-refractivity contribution is -0.134. The summed E-state index contributed by atoms with van der Waals surface area (Å²) in [6.07, 6.45) is 2.56. The van der Waals surface area contributed by atoms with Crippen LogP contribution in [0.15, 0.2) is 6.07 Å². The summed E-state index contributed by atoms with van der Waals surface area (Å²) in [4.78, 5) is 32.7. The Morgan fingerprint density at radius 3 is 2.71 bits per heavy atom. The molecule has 8 nitrogen and oxygen atoms in total. The number of hydrogen-bond acceptors (Lipinski definition) is 7. The smallest absolute Gasteiger partial charge is 0.235 e. The minimum absolute atomic E-state index is 0.145. The Morgan fingerprint density at radius 1 is 1.23 bits per heavy atom. The number of carbonyl (C=O) groups excluding carboxylic acids is 2. The van der Waals surface area contributed by atoms with Crippen LogP contribution in [-0.4, -0.2) is 80.2 Å². The van der Waals surface area contributed by atoms with E-state index in [-0.39, 0.29) is 18.0 Å². The van der Waals surface area contributed by atoms with E-state index in [2.05, 4.69) is 25.4 Å². The van der Waals surface area contributed by atoms with Gasteiger partial charge in [-0.2, -0.15) is 0 Å². The first-order valence-electron chi connectivity index (χ1n) is 11.2. The number of piperidine rings is 2. The highest BCUT2D eigenvalue weighted by Crippen LogP contribution is 2.31. The molecule has 0 aliphatic carbocycles. The summed E-state index contributed by atoms with van der Waals surface area (Å²) in [7, 11) is 1.74. The first kappa shape index (κ1) is 22.1. The van der Waals surface area contributed by atoms with Crippen molar-refractivity contribution < 1.29 is 18.7 Å². The van der Waals surface area contributed by atoms with Crippen LogP contribution in [0.3, 0.4) is 0 Å². The largest absolute Gasteiger partial charge is 0.383 e. The molecule has 2 amide bonds. The van der Waals surface area contributed by atoms with Gasteiger partial charge in [0.2, 0.25) is 11.8 Å². The molecule has 3 aliphatic rings. The van der Waals surface area contributed by atoms with Gasteiger partial charge in [0, 0.05) is 64.4 Å². The van der Waals surface area contributed by atoms with Gasteiger partial charge in [-0.05, 0) is 26.2 Å². The maximum atomic E-state index is 14.9. The van der Waals surface area contributed by atoms with Gasteiger partial charge in [-0.3, -0.25) is 24.8 Å². The molecule has 0 spiro atoms. The molecule has 31 heavy (non-hydrogen) atoms. The summed E-state index contributed by atoms with van der Waals surface area (Å²) in [6, 6.07) is 2.41. The van der Waals surface area contributed by atoms with Crippen molar-refractivity contribution in [3.63, 3.8) is 0 Å². The number of nitrogens with one attached hydrogen (secondary N) is 2. The highest BCUT2D eigenvalue weighted by molar-refractivity contribution is 6.00. The van der Waals surface area contributed by atoms with Gasteiger partial charge in [0.1, 0.15) is 5.82 Å². The SMILES string of the molecule is COCC1CN(C2CCN(c3cc(F)c(C4CCC(=O)NC4=O)nc3C)CC2)CCN1. The molecule has 1 aromatic heterocycles. The fourth-order valence-corrected chi connectivity index (χ4v) is 5.08. The highest BCUT2D eigenvalue weighted by Gasteiger charge is 2.33. The number of nitrogens with zero attached hydrogens (tertiary/aromatic N) is 3. The second kappa shape index (κ2) is 9.58. The van der Waals surface area contributed by atoms with Gasteiger partial charge in [0.25, 0.3) is 0 Å². The molecule has 2 atom stereocenters. The average molecular weight is 434 g/mol. The fraction of sp³-hybridized carbons (Fsp3) is 0.682. The van der Waals surface area contributed by atoms with Crippen LogP contribution >= 0.6 is 0 Å². The molecule has 1 aromatic rings. The number of methoxy groups -OCH3 is 1. The van der Waals surface area contributed by atoms with Gasteiger partial charge in [0.15, 0.2) is 0 Å². The molecule has 9 heteroatoms. The summed E-state index contributed by atoms with van der Waals surface area (Å²) in [5, 5.41) is 5.79. The van der Waals surface area contributed by atoms with Gasteiger partial charge >= 0.3 is 0 Å². The topological polar surface area (TPSA) is 86.8 Å². The van der Waals surface area contributed by atoms with Crippen molar-refractivity contribution in [2.24, 2.45) is 0 Å². The van der Waals surface area contributed by atoms with Crippen LogP contribution in [0.2, 0.25) is 0 Å². The van der Waals surface area contributed by atoms with Crippen LogP contribution in [-0.2, 0) is 14.3 Å². The fourth-order valence-electron chi connectivity index (χ4n) is 5.08. The molecule has 2 unspecified atom stereocenters. The van der Waals surface area contributed by atoms with E-state index in [1.165, 1.54) is 6.07 Å². The number of amides is 2. The third-order valence-corrected chi connectivity index (χ3v) is 6.71. The molecule has 3 saturated heterocycles. The van der Waals surface area contributed by atoms with Crippen LogP contribution < -0.4 is 15.5 Å². The van der Waals surface area contributed by atoms with Crippen molar-refractivity contribution in [3.8, 4) is 0 Å². The van der Waals surface area contributed by atoms with Crippen LogP contribution in [0.4, 0.5) is 10.1 Å². The van der Waals surface area contributed by atoms with Crippen LogP contribution in [0, 0.1) is 12.7 Å². The Bertz CT molecular complexity index is 826. The first-order valence-corrected chi connectivity index (χ1v) is 11.2. The number of pyridine rings is 1. The maximum absolute atomic E-state index is 14.9. The van der Waals surface area contributed by atoms with Gasteiger partial charge in [-0.15, -0.1) is 0 Å². The molecule has 4 heterocycles. The normalized spacial score (nSPS) is 26.2. The van der Waals surface area contributed by atoms with Gasteiger partial charge in [-0.1, -0.05) is 0 Å². The molecular formula is C22H32FN5O3. The molecule has 2 N–H and O–H groups in total. The number of rotatable bonds is 5. The van der Waals surface area contributed by atoms with Crippen molar-refractivity contribution in [2.45, 2.75) is 50.6 Å². The predicted molar refractivity (Wildman–Crippen MR) is 115 cm³/mol. The number of carbonyl (C=O) groups is 2. The van der Waals surface area contributed by atoms with Gasteiger partial charge < -0.3 is 15.0 Å². The molecular weight excluding hydrogens is 401 g/mol. The zero-order chi connectivity index (χ0) is 22.0. The van der Waals surface area contributed by atoms with E-state index in [1.54, 1.807) is 7.11 Å². The molecule has 0 bridgehead atoms. The summed E-state index contributed by atoms with van der Waals surface area (Å²) in [5.74, 6) is -1.94. The second-order valence-electron chi connectivity index (χ2n) is 8.78. The Hall–Kier alpha value is -2.10. The standard InChI is InChI=1S/C22H32FN5O3/c1-14-19(11-18(23)21(25-14)17-3-4-20(29)26-22(17)30)27-8-5-16(6-9-27)28-10-7-24-15(12-28)13-31-2/h11,15-17,24H,3-10,12-13H2,1-2H3,(H,26,29,30). The molecule has 0 aromatic carbocycles. The summed E-state index contributed by atoms with van der Waals surface area (Å²) < 4.78 is 20.2. The van der Waals surface area contributed by atoms with E-state index in [1.807, 2.05) is 6.92 Å². The van der Waals surface area contributed by atoms with Crippen LogP contribution in [0.1, 0.15) is 43.0 Å². The number of aromatic nitrogens is 1. The van der Waals surface area contributed by atoms with Gasteiger partial charge in [0.05, 0.1) is 29.6 Å². The van der Waals surface area contributed by atoms with E-state index < -0.39 is 17.6 Å². The van der Waals surface area contributed by atoms with E-state index >= 15 is 0 Å². The van der Waals surface area contributed by atoms with Crippen molar-refractivity contribution in [1.29, 1.82) is 0 Å². The second-order valence-corrected chi connectivity index (χ2v) is 8.78. The molecule has 170 valence electrons. The monoisotopic (exact) mass is 433 g/mol. The quantitative estimate of drug-likeness (QED) is 0.669. The third-order valence-electron chi connectivity index (χ3n) is 6.71. The number of imide groups is 1. The molecule has 3 aliphatic heterocycles. The van der Waals surface area contributed by atoms with Crippen molar-refractivity contribution in [3.05, 3.63) is 23.3 Å². The average Bonchev–Trinajstić information content (AvgIpc) is 2.76. The molecule has 3 fully saturated rings. The number of piperazine rings is 1. The van der Waals surface area contributed by atoms with E-state index in [0.29, 0.717) is 18.5 Å². The molecule has 4 rings (SSSR count). The lowest BCUT2D eigenvalue weighted by atomic mass is 9.93. The third kappa shape index (κ3) is 4.88. The molecule has 0 radical (unpaired) electrons. The lowest BCUT2D eigenvalue weighted by Crippen LogP contribution is -2.57. The molecule has 0 saturated carbocycles. The maximum Gasteiger partial charge on any atom is 0.235 e. The van der Waals surface area contributed by atoms with Crippen LogP contribution in [0.5, 0.6) is 0 Å². The zero-order valence-corrected chi connectivity index (χ0v) is 18.3. The van der Waals surface area contributed by atoms with E-state index in [4.69, 9.17) is 4.74 Å². The minimum atomic E-state index is -0.705. The van der Waals surface area contributed by atoms with Gasteiger partial charge in [-0.25, -0.2) is 4.39 Å². The lowest BCUT2D eigenvalue weighted by Gasteiger charge is -2.43. The van der Waals surface area contributed by atoms with Crippen LogP contribution in [0.25, 0.3) is 0 Å². The number of hydrogen-bond donors (Lipinski definition) is 2. The van der Waals surface area contributed by atoms with E-state index in [0.717, 1.165) is 63.6 Å². The Morgan fingerprint density at radius 2 is 2.00 bits per heavy atom. The van der Waals surface area contributed by atoms with E-state index in [9.17, 15) is 14.0 Å². The number of halogens is 1. The Balaban J connectivity index is 1.40. The summed E-state index contributed by atoms with van der Waals surface area (Å²) in [5.41, 5.74) is 1.66. The summed E-state index contributed by atoms with van der Waals surface area (Å²) >= 11 is 0. The number of anilines is 1. The first-order chi connectivity index (χ1) is 15.0. The number of aryl methyl sites for hydroxylation is 1. The Labute approximate surface area is 182 Å². The van der Waals surface area contributed by atoms with Crippen molar-refractivity contribution in [1.82, 2.24) is 20.5 Å². The van der Waals surface area contributed by atoms with Crippen molar-refractivity contribution >= 4 is 17.5 Å². The summed E-state index contributed by atoms with van der Waals surface area (Å²) in [6.45, 7) is 7.30. The Kier molecular flexibility index (Phi) is 6.83. The number of ether oxygens (including phenoxy) is 1. The van der Waals surface area contributed by atoms with Crippen molar-refractivity contribution in [2.75, 3.05) is 51.3 Å².